The molecule has 1 aliphatic rings. The second kappa shape index (κ2) is 7.53. The minimum atomic E-state index is -0.697. The second-order valence-corrected chi connectivity index (χ2v) is 8.14. The van der Waals surface area contributed by atoms with Crippen LogP contribution in [0.1, 0.15) is 29.3 Å². The summed E-state index contributed by atoms with van der Waals surface area (Å²) in [6.07, 6.45) is 2.67. The zero-order valence-electron chi connectivity index (χ0n) is 13.9. The Morgan fingerprint density at radius 3 is 2.88 bits per heavy atom. The van der Waals surface area contributed by atoms with Crippen LogP contribution in [-0.4, -0.2) is 41.7 Å². The Balaban J connectivity index is 1.83. The fraction of sp³-hybridized carbons (Fsp3) is 0.353. The van der Waals surface area contributed by atoms with Gasteiger partial charge in [0.15, 0.2) is 5.13 Å². The van der Waals surface area contributed by atoms with Gasteiger partial charge in [0, 0.05) is 7.05 Å². The third-order valence-electron chi connectivity index (χ3n) is 3.92. The Labute approximate surface area is 158 Å². The normalized spacial score (nSPS) is 17.2. The van der Waals surface area contributed by atoms with Crippen molar-refractivity contribution in [2.75, 3.05) is 18.5 Å². The SMILES string of the molecule is CCCc1ccccc1C(=O)OC1CN(C)C(=O)N1c1ncc(Br)s1. The van der Waals surface area contributed by atoms with Crippen molar-refractivity contribution < 1.29 is 14.3 Å². The molecule has 1 saturated heterocycles. The number of likely N-dealkylation sites (N-methyl/N-ethyl adjacent to an activating group) is 1. The Hall–Kier alpha value is -1.93. The first-order chi connectivity index (χ1) is 12.0. The number of esters is 1. The summed E-state index contributed by atoms with van der Waals surface area (Å²) in [5, 5.41) is 0.501. The van der Waals surface area contributed by atoms with Crippen LogP contribution < -0.4 is 4.90 Å². The van der Waals surface area contributed by atoms with E-state index in [-0.39, 0.29) is 6.03 Å². The maximum Gasteiger partial charge on any atom is 0.340 e. The Bertz CT molecular complexity index is 795. The van der Waals surface area contributed by atoms with Gasteiger partial charge < -0.3 is 9.64 Å². The lowest BCUT2D eigenvalue weighted by Crippen LogP contribution is -2.37. The van der Waals surface area contributed by atoms with E-state index in [0.29, 0.717) is 17.2 Å². The fourth-order valence-electron chi connectivity index (χ4n) is 2.75. The van der Waals surface area contributed by atoms with Gasteiger partial charge in [0.1, 0.15) is 0 Å². The van der Waals surface area contributed by atoms with Gasteiger partial charge in [0.25, 0.3) is 0 Å². The average molecular weight is 424 g/mol. The van der Waals surface area contributed by atoms with E-state index in [9.17, 15) is 9.59 Å². The van der Waals surface area contributed by atoms with Gasteiger partial charge in [-0.1, -0.05) is 42.9 Å². The molecule has 1 aromatic carbocycles. The van der Waals surface area contributed by atoms with Crippen LogP contribution in [0.2, 0.25) is 0 Å². The van der Waals surface area contributed by atoms with E-state index < -0.39 is 12.2 Å². The number of thiazole rings is 1. The van der Waals surface area contributed by atoms with Crippen LogP contribution in [0.25, 0.3) is 0 Å². The maximum absolute atomic E-state index is 12.7. The Morgan fingerprint density at radius 1 is 1.44 bits per heavy atom. The highest BCUT2D eigenvalue weighted by Crippen LogP contribution is 2.32. The molecule has 25 heavy (non-hydrogen) atoms. The number of hydrogen-bond donors (Lipinski definition) is 0. The predicted octanol–water partition coefficient (Wildman–Crippen LogP) is 3.91. The standard InChI is InChI=1S/C17H18BrN3O3S/c1-3-6-11-7-4-5-8-12(11)15(22)24-14-10-20(2)17(23)21(14)16-19-9-13(18)25-16/h4-5,7-9,14H,3,6,10H2,1-2H3. The summed E-state index contributed by atoms with van der Waals surface area (Å²) in [6.45, 7) is 2.37. The molecular formula is C17H18BrN3O3S. The molecule has 132 valence electrons. The molecule has 1 atom stereocenters. The number of urea groups is 1. The largest absolute Gasteiger partial charge is 0.435 e. The first-order valence-electron chi connectivity index (χ1n) is 7.95. The van der Waals surface area contributed by atoms with Gasteiger partial charge in [-0.2, -0.15) is 0 Å². The molecule has 3 rings (SSSR count). The number of carbonyl (C=O) groups excluding carboxylic acids is 2. The van der Waals surface area contributed by atoms with E-state index in [1.165, 1.54) is 21.1 Å². The number of amides is 2. The van der Waals surface area contributed by atoms with Crippen molar-refractivity contribution in [3.8, 4) is 0 Å². The molecule has 0 saturated carbocycles. The number of halogens is 1. The highest BCUT2D eigenvalue weighted by atomic mass is 79.9. The molecule has 1 aliphatic heterocycles. The fourth-order valence-corrected chi connectivity index (χ4v) is 3.96. The number of aryl methyl sites for hydroxylation is 1. The molecule has 2 heterocycles. The minimum absolute atomic E-state index is 0.235. The monoisotopic (exact) mass is 423 g/mol. The molecule has 6 nitrogen and oxygen atoms in total. The van der Waals surface area contributed by atoms with Crippen molar-refractivity contribution in [2.24, 2.45) is 0 Å². The summed E-state index contributed by atoms with van der Waals surface area (Å²) >= 11 is 4.67. The average Bonchev–Trinajstić information content (AvgIpc) is 3.12. The molecule has 1 aromatic heterocycles. The lowest BCUT2D eigenvalue weighted by Gasteiger charge is -2.20. The van der Waals surface area contributed by atoms with Crippen molar-refractivity contribution >= 4 is 44.4 Å². The van der Waals surface area contributed by atoms with Crippen molar-refractivity contribution in [1.82, 2.24) is 9.88 Å². The topological polar surface area (TPSA) is 62.7 Å². The molecule has 2 aromatic rings. The third kappa shape index (κ3) is 3.69. The molecule has 0 aliphatic carbocycles. The number of aromatic nitrogens is 1. The summed E-state index contributed by atoms with van der Waals surface area (Å²) in [4.78, 5) is 32.3. The van der Waals surface area contributed by atoms with Crippen molar-refractivity contribution in [2.45, 2.75) is 26.0 Å². The molecule has 0 radical (unpaired) electrons. The summed E-state index contributed by atoms with van der Waals surface area (Å²) in [5.74, 6) is -0.419. The van der Waals surface area contributed by atoms with Gasteiger partial charge in [-0.05, 0) is 34.0 Å². The number of anilines is 1. The highest BCUT2D eigenvalue weighted by Gasteiger charge is 2.40. The number of carbonyl (C=O) groups is 2. The molecule has 0 bridgehead atoms. The molecular weight excluding hydrogens is 406 g/mol. The molecule has 0 N–H and O–H groups in total. The molecule has 1 fully saturated rings. The van der Waals surface area contributed by atoms with Gasteiger partial charge in [-0.25, -0.2) is 19.5 Å². The number of benzene rings is 1. The first kappa shape index (κ1) is 17.9. The number of ether oxygens (including phenoxy) is 1. The lowest BCUT2D eigenvalue weighted by atomic mass is 10.0. The number of nitrogens with zero attached hydrogens (tertiary/aromatic N) is 3. The second-order valence-electron chi connectivity index (χ2n) is 5.75. The van der Waals surface area contributed by atoms with E-state index in [0.717, 1.165) is 22.2 Å². The van der Waals surface area contributed by atoms with Gasteiger partial charge in [0.05, 0.1) is 22.1 Å². The van der Waals surface area contributed by atoms with Crippen molar-refractivity contribution in [3.05, 3.63) is 45.4 Å². The van der Waals surface area contributed by atoms with Crippen LogP contribution in [0.15, 0.2) is 34.2 Å². The zero-order chi connectivity index (χ0) is 18.0. The van der Waals surface area contributed by atoms with Gasteiger partial charge in [-0.15, -0.1) is 0 Å². The zero-order valence-corrected chi connectivity index (χ0v) is 16.3. The van der Waals surface area contributed by atoms with Crippen molar-refractivity contribution in [1.29, 1.82) is 0 Å². The summed E-state index contributed by atoms with van der Waals surface area (Å²) in [5.41, 5.74) is 1.50. The first-order valence-corrected chi connectivity index (χ1v) is 9.56. The Kier molecular flexibility index (Phi) is 5.39. The van der Waals surface area contributed by atoms with E-state index in [4.69, 9.17) is 4.74 Å². The molecule has 2 amide bonds. The lowest BCUT2D eigenvalue weighted by molar-refractivity contribution is 0.0330. The third-order valence-corrected chi connectivity index (χ3v) is 5.40. The number of hydrogen-bond acceptors (Lipinski definition) is 5. The predicted molar refractivity (Wildman–Crippen MR) is 100.0 cm³/mol. The quantitative estimate of drug-likeness (QED) is 0.683. The maximum atomic E-state index is 12.7. The molecule has 0 spiro atoms. The molecule has 1 unspecified atom stereocenters. The van der Waals surface area contributed by atoms with Gasteiger partial charge in [0.2, 0.25) is 6.23 Å². The summed E-state index contributed by atoms with van der Waals surface area (Å²) in [6, 6.07) is 7.19. The summed E-state index contributed by atoms with van der Waals surface area (Å²) in [7, 11) is 1.68. The summed E-state index contributed by atoms with van der Waals surface area (Å²) < 4.78 is 6.49. The van der Waals surface area contributed by atoms with Crippen LogP contribution >= 0.6 is 27.3 Å². The van der Waals surface area contributed by atoms with Crippen LogP contribution in [-0.2, 0) is 11.2 Å². The van der Waals surface area contributed by atoms with E-state index in [2.05, 4.69) is 27.8 Å². The van der Waals surface area contributed by atoms with Crippen LogP contribution in [0.5, 0.6) is 0 Å². The Morgan fingerprint density at radius 2 is 2.20 bits per heavy atom. The van der Waals surface area contributed by atoms with E-state index in [1.807, 2.05) is 18.2 Å². The van der Waals surface area contributed by atoms with E-state index >= 15 is 0 Å². The van der Waals surface area contributed by atoms with Crippen LogP contribution in [0.4, 0.5) is 9.93 Å². The number of rotatable bonds is 5. The smallest absolute Gasteiger partial charge is 0.340 e. The molecule has 8 heteroatoms. The van der Waals surface area contributed by atoms with E-state index in [1.54, 1.807) is 19.3 Å². The van der Waals surface area contributed by atoms with Gasteiger partial charge in [-0.3, -0.25) is 0 Å². The minimum Gasteiger partial charge on any atom is -0.435 e. The highest BCUT2D eigenvalue weighted by molar-refractivity contribution is 9.11. The van der Waals surface area contributed by atoms with Crippen LogP contribution in [0.3, 0.4) is 0 Å². The van der Waals surface area contributed by atoms with Crippen molar-refractivity contribution in [3.63, 3.8) is 0 Å². The van der Waals surface area contributed by atoms with Gasteiger partial charge >= 0.3 is 12.0 Å². The van der Waals surface area contributed by atoms with Crippen LogP contribution in [0, 0.1) is 0 Å².